The number of nitrogens with one attached hydrogen (secondary N) is 1. The molecule has 2 fully saturated rings. The average Bonchev–Trinajstić information content (AvgIpc) is 3.16. The van der Waals surface area contributed by atoms with E-state index >= 15 is 0 Å². The van der Waals surface area contributed by atoms with E-state index in [9.17, 15) is 23.5 Å². The predicted octanol–water partition coefficient (Wildman–Crippen LogP) is 2.76. The molecule has 37 heavy (non-hydrogen) atoms. The smallest absolute Gasteiger partial charge is 0.407 e. The van der Waals surface area contributed by atoms with Crippen LogP contribution in [0.1, 0.15) is 30.9 Å². The quantitative estimate of drug-likeness (QED) is 0.632. The Balaban J connectivity index is 1.71. The summed E-state index contributed by atoms with van der Waals surface area (Å²) in [7, 11) is 2.07. The van der Waals surface area contributed by atoms with E-state index in [0.29, 0.717) is 12.1 Å². The summed E-state index contributed by atoms with van der Waals surface area (Å²) in [4.78, 5) is 36.7. The number of carbonyl (C=O) groups is 2. The van der Waals surface area contributed by atoms with E-state index in [1.165, 1.54) is 11.1 Å². The van der Waals surface area contributed by atoms with Gasteiger partial charge in [-0.1, -0.05) is 6.07 Å². The van der Waals surface area contributed by atoms with E-state index in [-0.39, 0.29) is 42.9 Å². The van der Waals surface area contributed by atoms with Crippen molar-refractivity contribution in [1.29, 1.82) is 0 Å². The van der Waals surface area contributed by atoms with Gasteiger partial charge in [-0.3, -0.25) is 9.69 Å². The Morgan fingerprint density at radius 3 is 2.62 bits per heavy atom. The number of carboxylic acid groups (broad SMARTS) is 1. The Hall–Kier alpha value is -3.31. The number of ether oxygens (including phenoxy) is 1. The van der Waals surface area contributed by atoms with Crippen LogP contribution in [0, 0.1) is 11.6 Å². The van der Waals surface area contributed by atoms with E-state index in [1.54, 1.807) is 19.1 Å². The molecule has 0 aliphatic carbocycles. The summed E-state index contributed by atoms with van der Waals surface area (Å²) in [5.41, 5.74) is -1.10. The Labute approximate surface area is 214 Å². The molecule has 198 valence electrons. The number of halogens is 2. The van der Waals surface area contributed by atoms with Gasteiger partial charge in [0, 0.05) is 54.8 Å². The third kappa shape index (κ3) is 4.19. The molecular weight excluding hydrogens is 484 g/mol. The summed E-state index contributed by atoms with van der Waals surface area (Å²) in [6.07, 6.45) is 2.17. The highest BCUT2D eigenvalue weighted by Crippen LogP contribution is 2.50. The van der Waals surface area contributed by atoms with E-state index in [0.717, 1.165) is 38.1 Å². The maximum Gasteiger partial charge on any atom is 0.407 e. The number of likely N-dealkylation sites (tertiary alicyclic amines) is 1. The summed E-state index contributed by atoms with van der Waals surface area (Å²) < 4.78 is 34.8. The number of rotatable bonds is 5. The molecule has 2 atom stereocenters. The summed E-state index contributed by atoms with van der Waals surface area (Å²) in [5, 5.41) is 13.0. The highest BCUT2D eigenvalue weighted by atomic mass is 19.2. The summed E-state index contributed by atoms with van der Waals surface area (Å²) in [6, 6.07) is 4.52. The Morgan fingerprint density at radius 1 is 1.19 bits per heavy atom. The van der Waals surface area contributed by atoms with E-state index in [4.69, 9.17) is 4.74 Å². The lowest BCUT2D eigenvalue weighted by atomic mass is 9.68. The predicted molar refractivity (Wildman–Crippen MR) is 132 cm³/mol. The lowest BCUT2D eigenvalue weighted by Crippen LogP contribution is -2.66. The standard InChI is InChI=1S/C26H31F2N5O4/c1-3-37-23-17(5-4-8-29-23)26(18-13-19(27)20(28)14-21(18)30-24(26)34)22-15-32(11-12-33(22)25(35)36)16-6-9-31(2)10-7-16/h4-5,8,13-14,16,22H,3,6-7,9-12,15H2,1-2H3,(H,30,34)(H,35,36). The SMILES string of the molecule is CCOc1ncccc1C1(C2CN(C3CCN(C)CC3)CCN2C(=O)O)C(=O)Nc2cc(F)c(F)cc21. The normalized spacial score (nSPS) is 25.1. The van der Waals surface area contributed by atoms with Gasteiger partial charge in [0.25, 0.3) is 0 Å². The minimum atomic E-state index is -1.70. The molecule has 4 heterocycles. The molecule has 2 N–H and O–H groups in total. The van der Waals surface area contributed by atoms with Crippen LogP contribution in [-0.2, 0) is 10.2 Å². The number of carbonyl (C=O) groups excluding carboxylic acids is 1. The molecule has 0 saturated carbocycles. The fourth-order valence-electron chi connectivity index (χ4n) is 6.14. The van der Waals surface area contributed by atoms with Crippen LogP contribution in [0.4, 0.5) is 19.3 Å². The van der Waals surface area contributed by atoms with Gasteiger partial charge in [-0.15, -0.1) is 0 Å². The largest absolute Gasteiger partial charge is 0.478 e. The number of piperidine rings is 1. The van der Waals surface area contributed by atoms with Gasteiger partial charge >= 0.3 is 6.09 Å². The van der Waals surface area contributed by atoms with Crippen LogP contribution in [0.3, 0.4) is 0 Å². The molecule has 5 rings (SSSR count). The molecule has 11 heteroatoms. The second-order valence-electron chi connectivity index (χ2n) is 9.88. The molecular formula is C26H31F2N5O4. The number of hydrogen-bond acceptors (Lipinski definition) is 6. The Bertz CT molecular complexity index is 1210. The van der Waals surface area contributed by atoms with Crippen molar-refractivity contribution in [3.63, 3.8) is 0 Å². The number of pyridine rings is 1. The number of anilines is 1. The van der Waals surface area contributed by atoms with Crippen LogP contribution in [-0.4, -0.2) is 95.3 Å². The Kier molecular flexibility index (Phi) is 6.76. The molecule has 3 aliphatic heterocycles. The van der Waals surface area contributed by atoms with Crippen molar-refractivity contribution in [2.24, 2.45) is 0 Å². The van der Waals surface area contributed by atoms with Crippen LogP contribution in [0.15, 0.2) is 30.5 Å². The molecule has 2 amide bonds. The van der Waals surface area contributed by atoms with E-state index in [1.807, 2.05) is 0 Å². The molecule has 0 bridgehead atoms. The molecule has 3 aliphatic rings. The second kappa shape index (κ2) is 9.86. The molecule has 2 aromatic rings. The van der Waals surface area contributed by atoms with Crippen LogP contribution < -0.4 is 10.1 Å². The zero-order valence-corrected chi connectivity index (χ0v) is 20.9. The van der Waals surface area contributed by atoms with Gasteiger partial charge < -0.3 is 25.0 Å². The fraction of sp³-hybridized carbons (Fsp3) is 0.500. The molecule has 0 radical (unpaired) electrons. The van der Waals surface area contributed by atoms with Gasteiger partial charge in [0.2, 0.25) is 11.8 Å². The summed E-state index contributed by atoms with van der Waals surface area (Å²) in [5.74, 6) is -2.63. The van der Waals surface area contributed by atoms with Crippen molar-refractivity contribution in [3.8, 4) is 5.88 Å². The van der Waals surface area contributed by atoms with Crippen molar-refractivity contribution in [1.82, 2.24) is 19.7 Å². The topological polar surface area (TPSA) is 98.2 Å². The van der Waals surface area contributed by atoms with E-state index in [2.05, 4.69) is 27.1 Å². The van der Waals surface area contributed by atoms with Crippen LogP contribution >= 0.6 is 0 Å². The van der Waals surface area contributed by atoms with Crippen molar-refractivity contribution in [2.75, 3.05) is 51.7 Å². The monoisotopic (exact) mass is 515 g/mol. The van der Waals surface area contributed by atoms with Gasteiger partial charge in [-0.2, -0.15) is 0 Å². The maximum absolute atomic E-state index is 14.7. The number of aromatic nitrogens is 1. The minimum Gasteiger partial charge on any atom is -0.478 e. The van der Waals surface area contributed by atoms with Gasteiger partial charge in [-0.05, 0) is 52.0 Å². The second-order valence-corrected chi connectivity index (χ2v) is 9.88. The molecule has 0 spiro atoms. The van der Waals surface area contributed by atoms with Gasteiger partial charge in [-0.25, -0.2) is 18.6 Å². The lowest BCUT2D eigenvalue weighted by Gasteiger charge is -2.50. The zero-order valence-electron chi connectivity index (χ0n) is 20.9. The highest BCUT2D eigenvalue weighted by Gasteiger charge is 2.59. The molecule has 9 nitrogen and oxygen atoms in total. The number of fused-ring (bicyclic) bond motifs is 1. The number of benzene rings is 1. The molecule has 2 saturated heterocycles. The third-order valence-electron chi connectivity index (χ3n) is 7.93. The maximum atomic E-state index is 14.7. The first-order valence-corrected chi connectivity index (χ1v) is 12.6. The van der Waals surface area contributed by atoms with Gasteiger partial charge in [0.15, 0.2) is 11.6 Å². The van der Waals surface area contributed by atoms with Crippen LogP contribution in [0.25, 0.3) is 0 Å². The molecule has 1 aromatic carbocycles. The van der Waals surface area contributed by atoms with Crippen molar-refractivity contribution in [2.45, 2.75) is 37.3 Å². The number of piperazine rings is 1. The Morgan fingerprint density at radius 2 is 1.92 bits per heavy atom. The first-order chi connectivity index (χ1) is 17.8. The van der Waals surface area contributed by atoms with Crippen molar-refractivity contribution >= 4 is 17.7 Å². The molecule has 1 aromatic heterocycles. The van der Waals surface area contributed by atoms with Gasteiger partial charge in [0.1, 0.15) is 5.41 Å². The van der Waals surface area contributed by atoms with Gasteiger partial charge in [0.05, 0.1) is 12.6 Å². The molecule has 2 unspecified atom stereocenters. The van der Waals surface area contributed by atoms with Crippen LogP contribution in [0.2, 0.25) is 0 Å². The van der Waals surface area contributed by atoms with Crippen molar-refractivity contribution in [3.05, 3.63) is 53.2 Å². The zero-order chi connectivity index (χ0) is 26.3. The third-order valence-corrected chi connectivity index (χ3v) is 7.93. The lowest BCUT2D eigenvalue weighted by molar-refractivity contribution is -0.122. The highest BCUT2D eigenvalue weighted by molar-refractivity contribution is 6.10. The number of amides is 2. The average molecular weight is 516 g/mol. The number of hydrogen-bond donors (Lipinski definition) is 2. The van der Waals surface area contributed by atoms with Crippen LogP contribution in [0.5, 0.6) is 5.88 Å². The summed E-state index contributed by atoms with van der Waals surface area (Å²) in [6.45, 7) is 4.80. The fourth-order valence-corrected chi connectivity index (χ4v) is 6.14. The first kappa shape index (κ1) is 25.3. The summed E-state index contributed by atoms with van der Waals surface area (Å²) >= 11 is 0. The van der Waals surface area contributed by atoms with Crippen molar-refractivity contribution < 1.29 is 28.2 Å². The number of nitrogens with zero attached hydrogens (tertiary/aromatic N) is 4. The minimum absolute atomic E-state index is 0.108. The first-order valence-electron chi connectivity index (χ1n) is 12.6. The van der Waals surface area contributed by atoms with E-state index < -0.39 is 35.1 Å².